The highest BCUT2D eigenvalue weighted by molar-refractivity contribution is 8.13. The second kappa shape index (κ2) is 6.03. The van der Waals surface area contributed by atoms with Crippen molar-refractivity contribution >= 4 is 23.0 Å². The molecular weight excluding hydrogens is 230 g/mol. The van der Waals surface area contributed by atoms with Gasteiger partial charge in [0.25, 0.3) is 0 Å². The molecule has 1 N–H and O–H groups in total. The van der Waals surface area contributed by atoms with E-state index in [2.05, 4.69) is 29.6 Å². The molecule has 0 aliphatic carbocycles. The molecule has 0 fully saturated rings. The van der Waals surface area contributed by atoms with Crippen LogP contribution in [0.25, 0.3) is 6.08 Å². The Morgan fingerprint density at radius 1 is 1.47 bits per heavy atom. The second-order valence-corrected chi connectivity index (χ2v) is 5.36. The van der Waals surface area contributed by atoms with Gasteiger partial charge in [0.05, 0.1) is 0 Å². The van der Waals surface area contributed by atoms with Crippen LogP contribution in [0.5, 0.6) is 0 Å². The van der Waals surface area contributed by atoms with E-state index in [0.717, 1.165) is 25.3 Å². The lowest BCUT2D eigenvalue weighted by atomic mass is 9.98. The summed E-state index contributed by atoms with van der Waals surface area (Å²) >= 11 is 1.34. The van der Waals surface area contributed by atoms with E-state index >= 15 is 0 Å². The average Bonchev–Trinajstić information content (AvgIpc) is 2.34. The molecule has 2 rings (SSSR count). The first-order chi connectivity index (χ1) is 8.25. The van der Waals surface area contributed by atoms with E-state index in [0.29, 0.717) is 0 Å². The van der Waals surface area contributed by atoms with Gasteiger partial charge in [0.1, 0.15) is 0 Å². The third-order valence-electron chi connectivity index (χ3n) is 2.81. The summed E-state index contributed by atoms with van der Waals surface area (Å²) in [4.78, 5) is 10.8. The summed E-state index contributed by atoms with van der Waals surface area (Å²) in [5.74, 6) is 0.755. The largest absolute Gasteiger partial charge is 0.312 e. The van der Waals surface area contributed by atoms with Gasteiger partial charge in [0.15, 0.2) is 5.12 Å². The van der Waals surface area contributed by atoms with E-state index in [-0.39, 0.29) is 5.12 Å². The molecule has 0 saturated carbocycles. The van der Waals surface area contributed by atoms with Crippen LogP contribution >= 0.6 is 11.8 Å². The Morgan fingerprint density at radius 3 is 3.18 bits per heavy atom. The van der Waals surface area contributed by atoms with Crippen LogP contribution in [-0.4, -0.2) is 17.4 Å². The average molecular weight is 247 g/mol. The zero-order valence-electron chi connectivity index (χ0n) is 10.0. The van der Waals surface area contributed by atoms with Gasteiger partial charge in [0.2, 0.25) is 0 Å². The van der Waals surface area contributed by atoms with Crippen molar-refractivity contribution < 1.29 is 4.79 Å². The lowest BCUT2D eigenvalue weighted by molar-refractivity contribution is -0.109. The summed E-state index contributed by atoms with van der Waals surface area (Å²) in [5, 5.41) is 3.55. The van der Waals surface area contributed by atoms with Crippen LogP contribution < -0.4 is 5.32 Å². The van der Waals surface area contributed by atoms with Crippen LogP contribution in [0.1, 0.15) is 23.6 Å². The van der Waals surface area contributed by atoms with Crippen LogP contribution in [0, 0.1) is 0 Å². The molecule has 0 radical (unpaired) electrons. The molecule has 0 spiro atoms. The fourth-order valence-corrected chi connectivity index (χ4v) is 2.38. The molecule has 0 saturated heterocycles. The van der Waals surface area contributed by atoms with Gasteiger partial charge in [-0.3, -0.25) is 4.79 Å². The quantitative estimate of drug-likeness (QED) is 0.890. The molecule has 0 amide bonds. The predicted octanol–water partition coefficient (Wildman–Crippen LogP) is 2.63. The maximum atomic E-state index is 10.8. The van der Waals surface area contributed by atoms with Crippen molar-refractivity contribution in [2.75, 3.05) is 12.3 Å². The van der Waals surface area contributed by atoms with Crippen LogP contribution in [0.2, 0.25) is 0 Å². The number of carbonyl (C=O) groups excluding carboxylic acids is 1. The summed E-state index contributed by atoms with van der Waals surface area (Å²) in [7, 11) is 0. The van der Waals surface area contributed by atoms with Crippen LogP contribution in [0.3, 0.4) is 0 Å². The molecule has 0 atom stereocenters. The number of hydrogen-bond donors (Lipinski definition) is 1. The van der Waals surface area contributed by atoms with Crippen molar-refractivity contribution in [3.63, 3.8) is 0 Å². The highest BCUT2D eigenvalue weighted by atomic mass is 32.2. The number of fused-ring (bicyclic) bond motifs is 1. The first kappa shape index (κ1) is 12.4. The van der Waals surface area contributed by atoms with Gasteiger partial charge in [-0.2, -0.15) is 0 Å². The lowest BCUT2D eigenvalue weighted by Crippen LogP contribution is -2.23. The summed E-state index contributed by atoms with van der Waals surface area (Å²) in [5.41, 5.74) is 4.08. The van der Waals surface area contributed by atoms with Crippen molar-refractivity contribution in [3.05, 3.63) is 41.0 Å². The molecule has 17 heavy (non-hydrogen) atoms. The summed E-state index contributed by atoms with van der Waals surface area (Å²) in [6.45, 7) is 3.65. The molecular formula is C14H17NOS. The number of hydrogen-bond acceptors (Lipinski definition) is 3. The van der Waals surface area contributed by atoms with Gasteiger partial charge >= 0.3 is 0 Å². The van der Waals surface area contributed by atoms with E-state index in [4.69, 9.17) is 0 Å². The molecule has 1 aromatic carbocycles. The zero-order valence-corrected chi connectivity index (χ0v) is 10.8. The minimum atomic E-state index is 0.171. The molecule has 1 aliphatic heterocycles. The van der Waals surface area contributed by atoms with Gasteiger partial charge in [-0.1, -0.05) is 42.1 Å². The van der Waals surface area contributed by atoms with Crippen molar-refractivity contribution in [1.82, 2.24) is 5.32 Å². The lowest BCUT2D eigenvalue weighted by Gasteiger charge is -2.17. The zero-order chi connectivity index (χ0) is 12.1. The fourth-order valence-electron chi connectivity index (χ4n) is 1.95. The van der Waals surface area contributed by atoms with Crippen molar-refractivity contribution in [1.29, 1.82) is 0 Å². The minimum Gasteiger partial charge on any atom is -0.312 e. The van der Waals surface area contributed by atoms with Gasteiger partial charge in [-0.15, -0.1) is 0 Å². The van der Waals surface area contributed by atoms with Crippen LogP contribution in [-0.2, 0) is 17.8 Å². The number of benzene rings is 1. The van der Waals surface area contributed by atoms with E-state index in [1.165, 1.54) is 28.5 Å². The Labute approximate surface area is 106 Å². The van der Waals surface area contributed by atoms with Crippen molar-refractivity contribution in [3.8, 4) is 0 Å². The van der Waals surface area contributed by atoms with E-state index < -0.39 is 0 Å². The Balaban J connectivity index is 1.99. The molecule has 0 unspecified atom stereocenters. The number of carbonyl (C=O) groups is 1. The molecule has 0 aromatic heterocycles. The molecule has 2 nitrogen and oxygen atoms in total. The minimum absolute atomic E-state index is 0.171. The second-order valence-electron chi connectivity index (χ2n) is 4.16. The molecule has 90 valence electrons. The highest BCUT2D eigenvalue weighted by Gasteiger charge is 2.07. The standard InChI is InChI=1S/C14H17NOS/c1-11(16)17-8-2-3-12-4-5-13-6-7-15-10-14(13)9-12/h2-5,9,15H,6-8,10H2,1H3. The smallest absolute Gasteiger partial charge is 0.186 e. The maximum absolute atomic E-state index is 10.8. The number of thioether (sulfide) groups is 1. The van der Waals surface area contributed by atoms with E-state index in [1.54, 1.807) is 6.92 Å². The molecule has 0 bridgehead atoms. The SMILES string of the molecule is CC(=O)SCC=Cc1ccc2c(c1)CNCC2. The van der Waals surface area contributed by atoms with Gasteiger partial charge in [-0.05, 0) is 29.7 Å². The Kier molecular flexibility index (Phi) is 4.40. The van der Waals surface area contributed by atoms with Gasteiger partial charge < -0.3 is 5.32 Å². The van der Waals surface area contributed by atoms with Crippen molar-refractivity contribution in [2.45, 2.75) is 19.9 Å². The third kappa shape index (κ3) is 3.72. The van der Waals surface area contributed by atoms with Crippen LogP contribution in [0.4, 0.5) is 0 Å². The highest BCUT2D eigenvalue weighted by Crippen LogP contribution is 2.17. The topological polar surface area (TPSA) is 29.1 Å². The Bertz CT molecular complexity index is 440. The number of rotatable bonds is 3. The third-order valence-corrected chi connectivity index (χ3v) is 3.58. The number of nitrogens with one attached hydrogen (secondary N) is 1. The molecule has 1 heterocycles. The predicted molar refractivity (Wildman–Crippen MR) is 74.0 cm³/mol. The fraction of sp³-hybridized carbons (Fsp3) is 0.357. The summed E-state index contributed by atoms with van der Waals surface area (Å²) in [6, 6.07) is 6.60. The monoisotopic (exact) mass is 247 g/mol. The normalized spacial score (nSPS) is 14.9. The van der Waals surface area contributed by atoms with Gasteiger partial charge in [0, 0.05) is 19.2 Å². The molecule has 3 heteroatoms. The van der Waals surface area contributed by atoms with Crippen molar-refractivity contribution in [2.24, 2.45) is 0 Å². The first-order valence-electron chi connectivity index (χ1n) is 5.88. The van der Waals surface area contributed by atoms with E-state index in [9.17, 15) is 4.79 Å². The Morgan fingerprint density at radius 2 is 2.35 bits per heavy atom. The summed E-state index contributed by atoms with van der Waals surface area (Å²) in [6.07, 6.45) is 5.26. The van der Waals surface area contributed by atoms with Gasteiger partial charge in [-0.25, -0.2) is 0 Å². The van der Waals surface area contributed by atoms with Crippen LogP contribution in [0.15, 0.2) is 24.3 Å². The maximum Gasteiger partial charge on any atom is 0.186 e. The Hall–Kier alpha value is -1.06. The molecule has 1 aliphatic rings. The summed E-state index contributed by atoms with van der Waals surface area (Å²) < 4.78 is 0. The molecule has 1 aromatic rings. The van der Waals surface area contributed by atoms with E-state index in [1.807, 2.05) is 6.08 Å². The first-order valence-corrected chi connectivity index (χ1v) is 6.87.